The molecule has 1 aliphatic rings. The molecule has 4 rings (SSSR count). The Labute approximate surface area is 193 Å². The molecule has 0 aliphatic carbocycles. The number of nitrogens with one attached hydrogen (secondary N) is 1. The van der Waals surface area contributed by atoms with Crippen LogP contribution >= 0.6 is 0 Å². The fourth-order valence-corrected chi connectivity index (χ4v) is 4.72. The molecule has 11 heteroatoms. The summed E-state index contributed by atoms with van der Waals surface area (Å²) in [6.07, 6.45) is 0. The molecule has 0 atom stereocenters. The highest BCUT2D eigenvalue weighted by Crippen LogP contribution is 2.33. The lowest BCUT2D eigenvalue weighted by atomic mass is 10.2. The normalized spacial score (nSPS) is 14.6. The van der Waals surface area contributed by atoms with E-state index in [1.54, 1.807) is 0 Å². The second-order valence-electron chi connectivity index (χ2n) is 7.31. The molecule has 178 valence electrons. The van der Waals surface area contributed by atoms with Crippen LogP contribution in [-0.2, 0) is 14.8 Å². The molecule has 1 N–H and O–H groups in total. The number of hydrogen-bond acceptors (Lipinski definition) is 5. The van der Waals surface area contributed by atoms with Crippen molar-refractivity contribution in [3.8, 4) is 11.5 Å². The SMILES string of the molecule is O=C(Nc1cc(S(=O)(=O)N2CCOCC2)ccc1Oc1ccc(F)cc1)c1ccc(F)cc1F. The third-order valence-electron chi connectivity index (χ3n) is 5.02. The predicted molar refractivity (Wildman–Crippen MR) is 117 cm³/mol. The summed E-state index contributed by atoms with van der Waals surface area (Å²) in [5.41, 5.74) is -0.525. The van der Waals surface area contributed by atoms with Crippen LogP contribution < -0.4 is 10.1 Å². The van der Waals surface area contributed by atoms with Crippen LogP contribution in [0.15, 0.2) is 65.6 Å². The lowest BCUT2D eigenvalue weighted by Crippen LogP contribution is -2.40. The number of hydrogen-bond donors (Lipinski definition) is 1. The van der Waals surface area contributed by atoms with E-state index in [2.05, 4.69) is 5.32 Å². The van der Waals surface area contributed by atoms with Crippen LogP contribution in [0.1, 0.15) is 10.4 Å². The van der Waals surface area contributed by atoms with Crippen molar-refractivity contribution < 1.29 is 35.9 Å². The van der Waals surface area contributed by atoms with E-state index in [0.717, 1.165) is 12.1 Å². The van der Waals surface area contributed by atoms with Crippen molar-refractivity contribution in [1.29, 1.82) is 0 Å². The van der Waals surface area contributed by atoms with Gasteiger partial charge in [-0.05, 0) is 54.6 Å². The van der Waals surface area contributed by atoms with E-state index in [1.165, 1.54) is 46.8 Å². The Kier molecular flexibility index (Phi) is 6.87. The molecule has 0 bridgehead atoms. The molecule has 7 nitrogen and oxygen atoms in total. The summed E-state index contributed by atoms with van der Waals surface area (Å²) in [4.78, 5) is 12.6. The van der Waals surface area contributed by atoms with Gasteiger partial charge in [-0.3, -0.25) is 4.79 Å². The number of benzene rings is 3. The van der Waals surface area contributed by atoms with Crippen molar-refractivity contribution in [2.45, 2.75) is 4.90 Å². The second-order valence-corrected chi connectivity index (χ2v) is 9.25. The number of sulfonamides is 1. The van der Waals surface area contributed by atoms with Crippen LogP contribution in [0.4, 0.5) is 18.9 Å². The van der Waals surface area contributed by atoms with E-state index in [1.807, 2.05) is 0 Å². The molecule has 1 heterocycles. The van der Waals surface area contributed by atoms with Crippen molar-refractivity contribution in [2.24, 2.45) is 0 Å². The van der Waals surface area contributed by atoms with E-state index in [0.29, 0.717) is 6.07 Å². The Morgan fingerprint density at radius 2 is 1.59 bits per heavy atom. The molecule has 34 heavy (non-hydrogen) atoms. The van der Waals surface area contributed by atoms with Gasteiger partial charge in [-0.2, -0.15) is 4.31 Å². The molecule has 1 saturated heterocycles. The molecule has 0 saturated carbocycles. The molecule has 1 aliphatic heterocycles. The molecule has 0 radical (unpaired) electrons. The Morgan fingerprint density at radius 1 is 0.912 bits per heavy atom. The first-order chi connectivity index (χ1) is 16.2. The lowest BCUT2D eigenvalue weighted by molar-refractivity contribution is 0.0730. The molecule has 0 aromatic heterocycles. The van der Waals surface area contributed by atoms with Crippen LogP contribution in [0.25, 0.3) is 0 Å². The molecule has 1 amide bonds. The van der Waals surface area contributed by atoms with Crippen LogP contribution in [0.2, 0.25) is 0 Å². The average Bonchev–Trinajstić information content (AvgIpc) is 2.82. The number of morpholine rings is 1. The van der Waals surface area contributed by atoms with Gasteiger partial charge in [-0.15, -0.1) is 0 Å². The molecule has 0 unspecified atom stereocenters. The average molecular weight is 492 g/mol. The first kappa shape index (κ1) is 23.7. The minimum Gasteiger partial charge on any atom is -0.455 e. The zero-order valence-electron chi connectivity index (χ0n) is 17.6. The number of anilines is 1. The predicted octanol–water partition coefficient (Wildman–Crippen LogP) is 4.17. The van der Waals surface area contributed by atoms with Gasteiger partial charge in [0, 0.05) is 19.2 Å². The van der Waals surface area contributed by atoms with Gasteiger partial charge >= 0.3 is 0 Å². The third kappa shape index (κ3) is 5.22. The van der Waals surface area contributed by atoms with E-state index in [4.69, 9.17) is 9.47 Å². The maximum Gasteiger partial charge on any atom is 0.258 e. The summed E-state index contributed by atoms with van der Waals surface area (Å²) in [5, 5.41) is 2.43. The number of ether oxygens (including phenoxy) is 2. The smallest absolute Gasteiger partial charge is 0.258 e. The molecule has 1 fully saturated rings. The van der Waals surface area contributed by atoms with Crippen molar-refractivity contribution in [3.63, 3.8) is 0 Å². The fourth-order valence-electron chi connectivity index (χ4n) is 3.29. The van der Waals surface area contributed by atoms with Crippen LogP contribution in [-0.4, -0.2) is 44.9 Å². The van der Waals surface area contributed by atoms with Gasteiger partial charge in [-0.25, -0.2) is 21.6 Å². The van der Waals surface area contributed by atoms with Gasteiger partial charge < -0.3 is 14.8 Å². The topological polar surface area (TPSA) is 84.9 Å². The maximum absolute atomic E-state index is 14.1. The number of carbonyl (C=O) groups excluding carboxylic acids is 1. The molecular weight excluding hydrogens is 473 g/mol. The monoisotopic (exact) mass is 492 g/mol. The van der Waals surface area contributed by atoms with Crippen molar-refractivity contribution in [1.82, 2.24) is 4.31 Å². The van der Waals surface area contributed by atoms with Crippen LogP contribution in [0.3, 0.4) is 0 Å². The standard InChI is InChI=1S/C23H19F3N2O5S/c24-15-1-4-17(5-2-15)33-22-8-6-18(34(30,31)28-9-11-32-12-10-28)14-21(22)27-23(29)19-7-3-16(25)13-20(19)26/h1-8,13-14H,9-12H2,(H,27,29). The molecular formula is C23H19F3N2O5S. The Bertz CT molecular complexity index is 1310. The van der Waals surface area contributed by atoms with Crippen molar-refractivity contribution >= 4 is 21.6 Å². The summed E-state index contributed by atoms with van der Waals surface area (Å²) in [5.74, 6) is -3.12. The third-order valence-corrected chi connectivity index (χ3v) is 6.92. The summed E-state index contributed by atoms with van der Waals surface area (Å²) in [7, 11) is -3.92. The summed E-state index contributed by atoms with van der Waals surface area (Å²) in [6.45, 7) is 0.828. The number of amides is 1. The lowest BCUT2D eigenvalue weighted by Gasteiger charge is -2.26. The largest absolute Gasteiger partial charge is 0.455 e. The van der Waals surface area contributed by atoms with Gasteiger partial charge in [0.15, 0.2) is 5.75 Å². The second kappa shape index (κ2) is 9.84. The Morgan fingerprint density at radius 3 is 2.26 bits per heavy atom. The van der Waals surface area contributed by atoms with Gasteiger partial charge in [0.25, 0.3) is 5.91 Å². The van der Waals surface area contributed by atoms with Gasteiger partial charge in [0.05, 0.1) is 29.4 Å². The van der Waals surface area contributed by atoms with Crippen LogP contribution in [0.5, 0.6) is 11.5 Å². The Hall–Kier alpha value is -3.41. The van der Waals surface area contributed by atoms with Crippen molar-refractivity contribution in [3.05, 3.63) is 83.7 Å². The molecule has 3 aromatic rings. The first-order valence-electron chi connectivity index (χ1n) is 10.2. The van der Waals surface area contributed by atoms with Gasteiger partial charge in [-0.1, -0.05) is 0 Å². The maximum atomic E-state index is 14.1. The highest BCUT2D eigenvalue weighted by molar-refractivity contribution is 7.89. The van der Waals surface area contributed by atoms with Gasteiger partial charge in [0.2, 0.25) is 10.0 Å². The van der Waals surface area contributed by atoms with Crippen LogP contribution in [0, 0.1) is 17.5 Å². The fraction of sp³-hybridized carbons (Fsp3) is 0.174. The number of halogens is 3. The van der Waals surface area contributed by atoms with E-state index in [9.17, 15) is 26.4 Å². The molecule has 3 aromatic carbocycles. The van der Waals surface area contributed by atoms with E-state index in [-0.39, 0.29) is 48.4 Å². The van der Waals surface area contributed by atoms with E-state index >= 15 is 0 Å². The minimum absolute atomic E-state index is 0.0309. The highest BCUT2D eigenvalue weighted by Gasteiger charge is 2.27. The minimum atomic E-state index is -3.92. The highest BCUT2D eigenvalue weighted by atomic mass is 32.2. The zero-order valence-corrected chi connectivity index (χ0v) is 18.4. The summed E-state index contributed by atoms with van der Waals surface area (Å²) < 4.78 is 78.9. The number of rotatable bonds is 6. The summed E-state index contributed by atoms with van der Waals surface area (Å²) >= 11 is 0. The van der Waals surface area contributed by atoms with E-state index < -0.39 is 38.9 Å². The zero-order chi connectivity index (χ0) is 24.3. The number of nitrogens with zero attached hydrogens (tertiary/aromatic N) is 1. The van der Waals surface area contributed by atoms with Gasteiger partial charge in [0.1, 0.15) is 23.2 Å². The van der Waals surface area contributed by atoms with Crippen molar-refractivity contribution in [2.75, 3.05) is 31.6 Å². The summed E-state index contributed by atoms with van der Waals surface area (Å²) in [6, 6.07) is 11.3. The number of carbonyl (C=O) groups is 1. The quantitative estimate of drug-likeness (QED) is 0.559. The Balaban J connectivity index is 1.70. The molecule has 0 spiro atoms. The first-order valence-corrected chi connectivity index (χ1v) is 11.6.